The van der Waals surface area contributed by atoms with Gasteiger partial charge in [0.25, 0.3) is 0 Å². The summed E-state index contributed by atoms with van der Waals surface area (Å²) >= 11 is 0. The van der Waals surface area contributed by atoms with Crippen LogP contribution in [0.25, 0.3) is 0 Å². The normalized spacial score (nSPS) is 11.2. The Morgan fingerprint density at radius 2 is 2.10 bits per heavy atom. The monoisotopic (exact) mass is 272 g/mol. The molecular formula is C18H24O2. The van der Waals surface area contributed by atoms with Crippen LogP contribution in [0.1, 0.15) is 44.1 Å². The number of methoxy groups -OCH3 is 2. The molecule has 20 heavy (non-hydrogen) atoms. The van der Waals surface area contributed by atoms with Gasteiger partial charge in [0.2, 0.25) is 0 Å². The molecule has 108 valence electrons. The molecule has 0 heterocycles. The summed E-state index contributed by atoms with van der Waals surface area (Å²) in [6.45, 7) is 6.00. The molecule has 0 aromatic heterocycles. The molecule has 0 N–H and O–H groups in total. The van der Waals surface area contributed by atoms with Crippen LogP contribution in [0.4, 0.5) is 0 Å². The summed E-state index contributed by atoms with van der Waals surface area (Å²) in [4.78, 5) is 0. The Morgan fingerprint density at radius 3 is 2.70 bits per heavy atom. The van der Waals surface area contributed by atoms with Crippen molar-refractivity contribution in [3.05, 3.63) is 36.4 Å². The van der Waals surface area contributed by atoms with E-state index in [1.807, 2.05) is 24.3 Å². The lowest BCUT2D eigenvalue weighted by Gasteiger charge is -2.15. The van der Waals surface area contributed by atoms with Gasteiger partial charge in [0, 0.05) is 12.0 Å². The minimum Gasteiger partial charge on any atom is -0.497 e. The molecule has 2 nitrogen and oxygen atoms in total. The largest absolute Gasteiger partial charge is 0.497 e. The predicted octanol–water partition coefficient (Wildman–Crippen LogP) is 4.56. The van der Waals surface area contributed by atoms with Crippen LogP contribution < -0.4 is 9.47 Å². The van der Waals surface area contributed by atoms with E-state index in [1.54, 1.807) is 14.2 Å². The molecule has 1 rings (SSSR count). The molecule has 0 bridgehead atoms. The fraction of sp³-hybridized carbons (Fsp3) is 0.444. The summed E-state index contributed by atoms with van der Waals surface area (Å²) in [7, 11) is 3.35. The number of ether oxygens (including phenoxy) is 2. The molecule has 1 aromatic carbocycles. The van der Waals surface area contributed by atoms with E-state index in [9.17, 15) is 0 Å². The summed E-state index contributed by atoms with van der Waals surface area (Å²) in [5.41, 5.74) is 1.07. The molecule has 0 saturated carbocycles. The van der Waals surface area contributed by atoms with Crippen molar-refractivity contribution in [2.75, 3.05) is 14.2 Å². The van der Waals surface area contributed by atoms with Crippen LogP contribution in [0, 0.1) is 11.8 Å². The van der Waals surface area contributed by atoms with Crippen LogP contribution in [0.5, 0.6) is 11.5 Å². The van der Waals surface area contributed by atoms with Gasteiger partial charge in [-0.1, -0.05) is 25.3 Å². The average Bonchev–Trinajstić information content (AvgIpc) is 2.49. The first-order valence-corrected chi connectivity index (χ1v) is 7.08. The topological polar surface area (TPSA) is 18.5 Å². The van der Waals surface area contributed by atoms with Gasteiger partial charge in [0.05, 0.1) is 20.1 Å². The van der Waals surface area contributed by atoms with E-state index >= 15 is 0 Å². The second kappa shape index (κ2) is 9.09. The molecule has 0 radical (unpaired) electrons. The van der Waals surface area contributed by atoms with Crippen LogP contribution in [0.3, 0.4) is 0 Å². The number of rotatable bonds is 7. The van der Waals surface area contributed by atoms with Gasteiger partial charge in [-0.25, -0.2) is 0 Å². The molecule has 0 fully saturated rings. The Morgan fingerprint density at radius 1 is 1.30 bits per heavy atom. The van der Waals surface area contributed by atoms with Crippen LogP contribution >= 0.6 is 0 Å². The second-order valence-electron chi connectivity index (χ2n) is 4.61. The average molecular weight is 272 g/mol. The minimum atomic E-state index is 0.106. The van der Waals surface area contributed by atoms with Crippen LogP contribution in [-0.4, -0.2) is 14.2 Å². The minimum absolute atomic E-state index is 0.106. The Balaban J connectivity index is 3.04. The zero-order valence-corrected chi connectivity index (χ0v) is 12.7. The molecule has 0 spiro atoms. The standard InChI is InChI=1S/C18H24O2/c1-5-7-8-9-11-15(10-6-2)17-14-16(19-3)12-13-18(17)20-4/h6,12-15H,2,5,7-8,10H2,1,3-4H3. The van der Waals surface area contributed by atoms with Crippen LogP contribution in [0.15, 0.2) is 30.9 Å². The predicted molar refractivity (Wildman–Crippen MR) is 84.4 cm³/mol. The Kier molecular flexibility index (Phi) is 7.35. The first kappa shape index (κ1) is 16.2. The van der Waals surface area contributed by atoms with Crippen molar-refractivity contribution in [1.29, 1.82) is 0 Å². The highest BCUT2D eigenvalue weighted by molar-refractivity contribution is 5.45. The molecule has 0 amide bonds. The van der Waals surface area contributed by atoms with Crippen LogP contribution in [0.2, 0.25) is 0 Å². The maximum atomic E-state index is 5.44. The van der Waals surface area contributed by atoms with Crippen molar-refractivity contribution in [3.8, 4) is 23.3 Å². The zero-order chi connectivity index (χ0) is 14.8. The molecule has 2 heteroatoms. The molecule has 0 saturated heterocycles. The van der Waals surface area contributed by atoms with Crippen LogP contribution in [-0.2, 0) is 0 Å². The lowest BCUT2D eigenvalue weighted by molar-refractivity contribution is 0.397. The molecule has 0 aliphatic rings. The van der Waals surface area contributed by atoms with Crippen molar-refractivity contribution in [2.45, 2.75) is 38.5 Å². The molecule has 1 atom stereocenters. The highest BCUT2D eigenvalue weighted by Crippen LogP contribution is 2.32. The highest BCUT2D eigenvalue weighted by Gasteiger charge is 2.14. The second-order valence-corrected chi connectivity index (χ2v) is 4.61. The molecule has 1 unspecified atom stereocenters. The van der Waals surface area contributed by atoms with Gasteiger partial charge in [-0.2, -0.15) is 0 Å². The summed E-state index contributed by atoms with van der Waals surface area (Å²) in [5.74, 6) is 8.39. The van der Waals surface area contributed by atoms with Crippen molar-refractivity contribution in [2.24, 2.45) is 0 Å². The summed E-state index contributed by atoms with van der Waals surface area (Å²) in [5, 5.41) is 0. The first-order valence-electron chi connectivity index (χ1n) is 7.08. The maximum absolute atomic E-state index is 5.44. The number of allylic oxidation sites excluding steroid dienone is 1. The third kappa shape index (κ3) is 4.66. The Bertz CT molecular complexity index is 480. The summed E-state index contributed by atoms with van der Waals surface area (Å²) < 4.78 is 10.7. The third-order valence-corrected chi connectivity index (χ3v) is 3.15. The molecular weight excluding hydrogens is 248 g/mol. The van der Waals surface area contributed by atoms with Gasteiger partial charge in [0.15, 0.2) is 0 Å². The lowest BCUT2D eigenvalue weighted by atomic mass is 9.94. The summed E-state index contributed by atoms with van der Waals surface area (Å²) in [6.07, 6.45) is 5.96. The maximum Gasteiger partial charge on any atom is 0.123 e. The van der Waals surface area contributed by atoms with Gasteiger partial charge >= 0.3 is 0 Å². The van der Waals surface area contributed by atoms with E-state index < -0.39 is 0 Å². The van der Waals surface area contributed by atoms with Gasteiger partial charge in [-0.15, -0.1) is 12.5 Å². The lowest BCUT2D eigenvalue weighted by Crippen LogP contribution is -2.00. The number of hydrogen-bond donors (Lipinski definition) is 0. The zero-order valence-electron chi connectivity index (χ0n) is 12.7. The highest BCUT2D eigenvalue weighted by atomic mass is 16.5. The number of benzene rings is 1. The van der Waals surface area contributed by atoms with E-state index in [1.165, 1.54) is 6.42 Å². The SMILES string of the molecule is C=CCC(C#CCCCC)c1cc(OC)ccc1OC. The van der Waals surface area contributed by atoms with Gasteiger partial charge in [0.1, 0.15) is 11.5 Å². The fourth-order valence-electron chi connectivity index (χ4n) is 2.00. The first-order chi connectivity index (χ1) is 9.76. The Hall–Kier alpha value is -1.88. The van der Waals surface area contributed by atoms with Crippen molar-refractivity contribution in [3.63, 3.8) is 0 Å². The van der Waals surface area contributed by atoms with Gasteiger partial charge in [-0.05, 0) is 31.0 Å². The number of unbranched alkanes of at least 4 members (excludes halogenated alkanes) is 2. The number of hydrogen-bond acceptors (Lipinski definition) is 2. The molecule has 1 aromatic rings. The van der Waals surface area contributed by atoms with E-state index in [0.717, 1.165) is 36.3 Å². The quantitative estimate of drug-likeness (QED) is 0.411. The van der Waals surface area contributed by atoms with E-state index in [2.05, 4.69) is 25.3 Å². The van der Waals surface area contributed by atoms with Crippen molar-refractivity contribution < 1.29 is 9.47 Å². The smallest absolute Gasteiger partial charge is 0.123 e. The Labute approximate surface area is 122 Å². The van der Waals surface area contributed by atoms with Crippen molar-refractivity contribution in [1.82, 2.24) is 0 Å². The summed E-state index contributed by atoms with van der Waals surface area (Å²) in [6, 6.07) is 5.83. The van der Waals surface area contributed by atoms with E-state index in [0.29, 0.717) is 0 Å². The van der Waals surface area contributed by atoms with Gasteiger partial charge in [-0.3, -0.25) is 0 Å². The van der Waals surface area contributed by atoms with Crippen molar-refractivity contribution >= 4 is 0 Å². The molecule has 0 aliphatic heterocycles. The molecule has 0 aliphatic carbocycles. The van der Waals surface area contributed by atoms with Gasteiger partial charge < -0.3 is 9.47 Å². The third-order valence-electron chi connectivity index (χ3n) is 3.15. The fourth-order valence-corrected chi connectivity index (χ4v) is 2.00. The van der Waals surface area contributed by atoms with E-state index in [4.69, 9.17) is 9.47 Å². The van der Waals surface area contributed by atoms with E-state index in [-0.39, 0.29) is 5.92 Å².